The number of carbonyl (C=O) groups is 1. The van der Waals surface area contributed by atoms with Gasteiger partial charge in [-0.15, -0.1) is 0 Å². The number of aliphatic hydroxyl groups excluding tert-OH is 2. The Morgan fingerprint density at radius 2 is 1.76 bits per heavy atom. The molecule has 206 valence electrons. The summed E-state index contributed by atoms with van der Waals surface area (Å²) < 4.78 is 16.8. The highest BCUT2D eigenvalue weighted by atomic mass is 16.7. The molecule has 2 aliphatic carbocycles. The number of phenols is 2. The molecule has 3 unspecified atom stereocenters. The first kappa shape index (κ1) is 26.8. The molecule has 8 heteroatoms. The number of carbonyl (C=O) groups excluding carboxylic acids is 1. The molecule has 5 rings (SSSR count). The summed E-state index contributed by atoms with van der Waals surface area (Å²) in [5.41, 5.74) is 3.87. The molecule has 0 spiro atoms. The van der Waals surface area contributed by atoms with Gasteiger partial charge in [0.05, 0.1) is 18.8 Å². The third-order valence-electron chi connectivity index (χ3n) is 8.65. The zero-order valence-electron chi connectivity index (χ0n) is 21.8. The Morgan fingerprint density at radius 1 is 0.947 bits per heavy atom. The first-order valence-corrected chi connectivity index (χ1v) is 13.7. The lowest BCUT2D eigenvalue weighted by Crippen LogP contribution is -2.48. The molecule has 4 N–H and O–H groups in total. The summed E-state index contributed by atoms with van der Waals surface area (Å²) in [4.78, 5) is 12.2. The van der Waals surface area contributed by atoms with Gasteiger partial charge >= 0.3 is 6.16 Å². The molecule has 3 aliphatic rings. The van der Waals surface area contributed by atoms with Crippen LogP contribution in [-0.4, -0.2) is 58.1 Å². The molecule has 1 aliphatic heterocycles. The van der Waals surface area contributed by atoms with Gasteiger partial charge in [0.15, 0.2) is 11.5 Å². The third-order valence-corrected chi connectivity index (χ3v) is 8.65. The Hall–Kier alpha value is -2.81. The van der Waals surface area contributed by atoms with E-state index in [1.54, 1.807) is 12.1 Å². The quantitative estimate of drug-likeness (QED) is 0.295. The van der Waals surface area contributed by atoms with Gasteiger partial charge in [-0.1, -0.05) is 37.6 Å². The summed E-state index contributed by atoms with van der Waals surface area (Å²) in [6.07, 6.45) is 2.05. The van der Waals surface area contributed by atoms with Gasteiger partial charge in [0.1, 0.15) is 18.8 Å². The van der Waals surface area contributed by atoms with E-state index in [-0.39, 0.29) is 24.5 Å². The normalized spacial score (nSPS) is 30.3. The van der Waals surface area contributed by atoms with Crippen molar-refractivity contribution in [2.75, 3.05) is 13.2 Å². The van der Waals surface area contributed by atoms with E-state index in [0.29, 0.717) is 24.9 Å². The number of ether oxygens (including phenoxy) is 3. The molecule has 0 radical (unpaired) electrons. The highest BCUT2D eigenvalue weighted by molar-refractivity contribution is 5.59. The van der Waals surface area contributed by atoms with Crippen molar-refractivity contribution in [2.45, 2.75) is 76.3 Å². The van der Waals surface area contributed by atoms with Crippen LogP contribution in [0.3, 0.4) is 0 Å². The van der Waals surface area contributed by atoms with E-state index in [1.165, 1.54) is 25.3 Å². The lowest BCUT2D eigenvalue weighted by atomic mass is 9.90. The molecule has 0 aromatic heterocycles. The second-order valence-corrected chi connectivity index (χ2v) is 11.1. The summed E-state index contributed by atoms with van der Waals surface area (Å²) in [6.45, 7) is 2.22. The molecule has 8 nitrogen and oxygen atoms in total. The van der Waals surface area contributed by atoms with E-state index in [2.05, 4.69) is 6.92 Å². The van der Waals surface area contributed by atoms with Crippen molar-refractivity contribution in [3.8, 4) is 11.5 Å². The topological polar surface area (TPSA) is 126 Å². The number of aromatic hydroxyl groups is 2. The molecular weight excluding hydrogens is 488 g/mol. The first-order valence-electron chi connectivity index (χ1n) is 13.7. The van der Waals surface area contributed by atoms with Crippen LogP contribution in [0, 0.1) is 17.8 Å². The second-order valence-electron chi connectivity index (χ2n) is 11.1. The number of phenolic OH excluding ortho intramolecular Hbond substituents is 2. The van der Waals surface area contributed by atoms with Crippen LogP contribution in [-0.2, 0) is 27.1 Å². The molecule has 0 amide bonds. The van der Waals surface area contributed by atoms with Crippen molar-refractivity contribution < 1.29 is 39.4 Å². The smallest absolute Gasteiger partial charge is 0.504 e. The maximum atomic E-state index is 12.2. The first-order chi connectivity index (χ1) is 18.3. The lowest BCUT2D eigenvalue weighted by molar-refractivity contribution is -0.183. The van der Waals surface area contributed by atoms with Gasteiger partial charge in [-0.05, 0) is 84.2 Å². The fraction of sp³-hybridized carbons (Fsp3) is 0.567. The molecule has 38 heavy (non-hydrogen) atoms. The summed E-state index contributed by atoms with van der Waals surface area (Å²) in [6, 6.07) is 10.8. The van der Waals surface area contributed by atoms with Crippen LogP contribution in [0.4, 0.5) is 4.79 Å². The third kappa shape index (κ3) is 5.92. The molecule has 2 aromatic rings. The molecule has 2 saturated carbocycles. The summed E-state index contributed by atoms with van der Waals surface area (Å²) in [5, 5.41) is 40.6. The van der Waals surface area contributed by atoms with Crippen LogP contribution in [0.25, 0.3) is 0 Å². The molecule has 1 heterocycles. The largest absolute Gasteiger partial charge is 0.508 e. The van der Waals surface area contributed by atoms with Crippen molar-refractivity contribution in [1.82, 2.24) is 0 Å². The number of hydrogen-bond donors (Lipinski definition) is 4. The minimum Gasteiger partial charge on any atom is -0.504 e. The summed E-state index contributed by atoms with van der Waals surface area (Å²) in [5.74, 6) is 1.50. The molecule has 3 fully saturated rings. The number of hydrogen-bond acceptors (Lipinski definition) is 8. The van der Waals surface area contributed by atoms with E-state index in [4.69, 9.17) is 14.2 Å². The molecular formula is C30H38O8. The van der Waals surface area contributed by atoms with Crippen molar-refractivity contribution in [3.63, 3.8) is 0 Å². The molecule has 7 atom stereocenters. The Labute approximate surface area is 223 Å². The highest BCUT2D eigenvalue weighted by Crippen LogP contribution is 2.48. The standard InChI is InChI=1S/C30H38O8/c1-2-19-6-7-21(13-22(19)10-18-4-8-24(31)25(32)12-18)27-14-26(33)29(34)28(38-27)16-37-30(35)36-15-23-11-17-3-5-20(23)9-17/h4,6-8,12-13,17,20,23,26-29,31-34H,2-3,5,9-11,14-16H2,1H3/t17?,20?,23?,26-,27-,28-,29+/m1/s1. The average molecular weight is 527 g/mol. The Kier molecular flexibility index (Phi) is 8.12. The zero-order chi connectivity index (χ0) is 26.8. The number of fused-ring (bicyclic) bond motifs is 2. The summed E-state index contributed by atoms with van der Waals surface area (Å²) in [7, 11) is 0. The van der Waals surface area contributed by atoms with Gasteiger partial charge in [0.2, 0.25) is 0 Å². The molecule has 1 saturated heterocycles. The van der Waals surface area contributed by atoms with Gasteiger partial charge in [0.25, 0.3) is 0 Å². The van der Waals surface area contributed by atoms with Gasteiger partial charge < -0.3 is 34.6 Å². The Morgan fingerprint density at radius 3 is 2.47 bits per heavy atom. The van der Waals surface area contributed by atoms with E-state index in [1.807, 2.05) is 18.2 Å². The minimum atomic E-state index is -1.18. The molecule has 2 aromatic carbocycles. The van der Waals surface area contributed by atoms with E-state index >= 15 is 0 Å². The maximum Gasteiger partial charge on any atom is 0.508 e. The van der Waals surface area contributed by atoms with Crippen molar-refractivity contribution >= 4 is 6.16 Å². The van der Waals surface area contributed by atoms with Gasteiger partial charge in [-0.25, -0.2) is 4.79 Å². The predicted molar refractivity (Wildman–Crippen MR) is 139 cm³/mol. The zero-order valence-corrected chi connectivity index (χ0v) is 21.8. The van der Waals surface area contributed by atoms with Crippen LogP contribution in [0.5, 0.6) is 11.5 Å². The van der Waals surface area contributed by atoms with Gasteiger partial charge in [-0.2, -0.15) is 0 Å². The van der Waals surface area contributed by atoms with Crippen molar-refractivity contribution in [1.29, 1.82) is 0 Å². The molecule has 2 bridgehead atoms. The van der Waals surface area contributed by atoms with Crippen LogP contribution in [0.1, 0.15) is 67.4 Å². The predicted octanol–water partition coefficient (Wildman–Crippen LogP) is 4.39. The van der Waals surface area contributed by atoms with E-state index in [0.717, 1.165) is 41.0 Å². The van der Waals surface area contributed by atoms with Crippen LogP contribution in [0.15, 0.2) is 36.4 Å². The fourth-order valence-electron chi connectivity index (χ4n) is 6.51. The number of aryl methyl sites for hydroxylation is 1. The number of benzene rings is 2. The Bertz CT molecular complexity index is 1130. The van der Waals surface area contributed by atoms with Crippen molar-refractivity contribution in [3.05, 3.63) is 58.7 Å². The van der Waals surface area contributed by atoms with E-state index in [9.17, 15) is 25.2 Å². The van der Waals surface area contributed by atoms with Crippen LogP contribution in [0.2, 0.25) is 0 Å². The average Bonchev–Trinajstić information content (AvgIpc) is 3.54. The monoisotopic (exact) mass is 526 g/mol. The SMILES string of the molecule is CCc1ccc([C@H]2C[C@@H](O)[C@H](O)[C@@H](COC(=O)OCC3CC4CCC3C4)O2)cc1Cc1ccc(O)c(O)c1. The minimum absolute atomic E-state index is 0.163. The number of aliphatic hydroxyl groups is 2. The highest BCUT2D eigenvalue weighted by Gasteiger charge is 2.41. The van der Waals surface area contributed by atoms with Gasteiger partial charge in [-0.3, -0.25) is 0 Å². The fourth-order valence-corrected chi connectivity index (χ4v) is 6.51. The summed E-state index contributed by atoms with van der Waals surface area (Å²) >= 11 is 0. The second kappa shape index (κ2) is 11.5. The van der Waals surface area contributed by atoms with Gasteiger partial charge in [0, 0.05) is 6.42 Å². The Balaban J connectivity index is 1.21. The number of rotatable bonds is 8. The van der Waals surface area contributed by atoms with E-state index < -0.39 is 30.6 Å². The van der Waals surface area contributed by atoms with Crippen LogP contribution >= 0.6 is 0 Å². The van der Waals surface area contributed by atoms with Crippen LogP contribution < -0.4 is 0 Å². The lowest BCUT2D eigenvalue weighted by Gasteiger charge is -2.37. The van der Waals surface area contributed by atoms with Crippen molar-refractivity contribution in [2.24, 2.45) is 17.8 Å². The maximum absolute atomic E-state index is 12.2.